The molecule has 0 spiro atoms. The van der Waals surface area contributed by atoms with E-state index in [-0.39, 0.29) is 0 Å². The Balaban J connectivity index is 0.000000122. The lowest BCUT2D eigenvalue weighted by atomic mass is 10.4. The van der Waals surface area contributed by atoms with E-state index in [9.17, 15) is 0 Å². The Labute approximate surface area is 52.6 Å². The molecule has 0 aromatic carbocycles. The first kappa shape index (κ1) is 7.74. The summed E-state index contributed by atoms with van der Waals surface area (Å²) >= 11 is 0. The molecule has 0 N–H and O–H groups in total. The maximum absolute atomic E-state index is 3.67. The lowest BCUT2D eigenvalue weighted by Gasteiger charge is -1.68. The minimum Gasteiger partial charge on any atom is -0.0998 e. The molecule has 0 saturated heterocycles. The standard InChI is InChI=1S/C4H6.C4H10/c1-4-2-3-4;1-3-4-2/h1-3H2;3-4H2,1-2H3. The van der Waals surface area contributed by atoms with Gasteiger partial charge in [0.1, 0.15) is 0 Å². The average molecular weight is 112 g/mol. The third-order valence-electron chi connectivity index (χ3n) is 1.10. The zero-order chi connectivity index (χ0) is 6.41. The molecule has 0 heteroatoms. The van der Waals surface area contributed by atoms with E-state index >= 15 is 0 Å². The van der Waals surface area contributed by atoms with Crippen molar-refractivity contribution in [1.82, 2.24) is 0 Å². The van der Waals surface area contributed by atoms with Gasteiger partial charge in [-0.2, -0.15) is 0 Å². The highest BCUT2D eigenvalue weighted by molar-refractivity contribution is 5.09. The van der Waals surface area contributed by atoms with Gasteiger partial charge < -0.3 is 0 Å². The molecule has 0 amide bonds. The van der Waals surface area contributed by atoms with Crippen LogP contribution in [-0.2, 0) is 0 Å². The minimum absolute atomic E-state index is 1.29. The van der Waals surface area contributed by atoms with Crippen molar-refractivity contribution in [2.45, 2.75) is 39.5 Å². The summed E-state index contributed by atoms with van der Waals surface area (Å²) in [6.45, 7) is 8.03. The fourth-order valence-electron chi connectivity index (χ4n) is 0.0884. The summed E-state index contributed by atoms with van der Waals surface area (Å²) in [6, 6.07) is 0. The van der Waals surface area contributed by atoms with Crippen molar-refractivity contribution in [1.29, 1.82) is 0 Å². The van der Waals surface area contributed by atoms with Gasteiger partial charge in [0.05, 0.1) is 0 Å². The molecule has 8 heavy (non-hydrogen) atoms. The highest BCUT2D eigenvalue weighted by Crippen LogP contribution is 2.23. The Morgan fingerprint density at radius 2 is 1.50 bits per heavy atom. The predicted octanol–water partition coefficient (Wildman–Crippen LogP) is 3.14. The zero-order valence-electron chi connectivity index (χ0n) is 6.04. The van der Waals surface area contributed by atoms with Crippen molar-refractivity contribution < 1.29 is 0 Å². The van der Waals surface area contributed by atoms with Gasteiger partial charge >= 0.3 is 0 Å². The molecule has 0 bridgehead atoms. The Hall–Kier alpha value is -0.260. The van der Waals surface area contributed by atoms with Crippen LogP contribution in [0.25, 0.3) is 0 Å². The normalized spacial score (nSPS) is 14.5. The molecular formula is C8H16. The largest absolute Gasteiger partial charge is 0.0998 e. The van der Waals surface area contributed by atoms with E-state index in [1.165, 1.54) is 31.3 Å². The second kappa shape index (κ2) is 4.89. The van der Waals surface area contributed by atoms with E-state index in [2.05, 4.69) is 20.4 Å². The van der Waals surface area contributed by atoms with Crippen LogP contribution in [0.2, 0.25) is 0 Å². The number of hydrogen-bond acceptors (Lipinski definition) is 0. The van der Waals surface area contributed by atoms with Crippen LogP contribution in [0.1, 0.15) is 39.5 Å². The molecule has 0 aliphatic heterocycles. The lowest BCUT2D eigenvalue weighted by Crippen LogP contribution is -1.47. The molecule has 48 valence electrons. The summed E-state index contributed by atoms with van der Waals surface area (Å²) < 4.78 is 0. The molecule has 0 heterocycles. The van der Waals surface area contributed by atoms with Gasteiger partial charge in [-0.05, 0) is 12.8 Å². The van der Waals surface area contributed by atoms with Gasteiger partial charge in [-0.1, -0.05) is 38.8 Å². The molecule has 1 aliphatic carbocycles. The molecule has 1 aliphatic rings. The fourth-order valence-corrected chi connectivity index (χ4v) is 0.0884. The average Bonchev–Trinajstić information content (AvgIpc) is 2.52. The van der Waals surface area contributed by atoms with E-state index in [0.717, 1.165) is 0 Å². The van der Waals surface area contributed by atoms with Crippen molar-refractivity contribution in [3.63, 3.8) is 0 Å². The van der Waals surface area contributed by atoms with Crippen molar-refractivity contribution in [2.24, 2.45) is 0 Å². The van der Waals surface area contributed by atoms with Crippen molar-refractivity contribution in [2.75, 3.05) is 0 Å². The molecule has 0 radical (unpaired) electrons. The van der Waals surface area contributed by atoms with Gasteiger partial charge in [-0.25, -0.2) is 0 Å². The molecular weight excluding hydrogens is 96.1 g/mol. The predicted molar refractivity (Wildman–Crippen MR) is 39.0 cm³/mol. The quantitative estimate of drug-likeness (QED) is 0.457. The molecule has 1 rings (SSSR count). The lowest BCUT2D eigenvalue weighted by molar-refractivity contribution is 0.886. The van der Waals surface area contributed by atoms with Crippen LogP contribution in [0.4, 0.5) is 0 Å². The second-order valence-electron chi connectivity index (χ2n) is 2.25. The van der Waals surface area contributed by atoms with Crippen LogP contribution in [0.15, 0.2) is 12.2 Å². The molecule has 0 unspecified atom stereocenters. The Morgan fingerprint density at radius 3 is 1.50 bits per heavy atom. The third kappa shape index (κ3) is 9.22. The van der Waals surface area contributed by atoms with Crippen LogP contribution < -0.4 is 0 Å². The van der Waals surface area contributed by atoms with Gasteiger partial charge in [0.15, 0.2) is 0 Å². The monoisotopic (exact) mass is 112 g/mol. The smallest absolute Gasteiger partial charge is 0.0286 e. The van der Waals surface area contributed by atoms with E-state index < -0.39 is 0 Å². The van der Waals surface area contributed by atoms with Crippen molar-refractivity contribution in [3.8, 4) is 0 Å². The number of hydrogen-bond donors (Lipinski definition) is 0. The zero-order valence-corrected chi connectivity index (χ0v) is 6.04. The maximum atomic E-state index is 3.67. The first-order chi connectivity index (χ1) is 3.81. The molecule has 0 nitrogen and oxygen atoms in total. The van der Waals surface area contributed by atoms with Gasteiger partial charge in [-0.3, -0.25) is 0 Å². The van der Waals surface area contributed by atoms with Gasteiger partial charge in [-0.15, -0.1) is 0 Å². The van der Waals surface area contributed by atoms with Crippen molar-refractivity contribution >= 4 is 0 Å². The summed E-state index contributed by atoms with van der Waals surface area (Å²) in [5.41, 5.74) is 1.42. The van der Waals surface area contributed by atoms with Crippen LogP contribution in [-0.4, -0.2) is 0 Å². The van der Waals surface area contributed by atoms with Crippen molar-refractivity contribution in [3.05, 3.63) is 12.2 Å². The topological polar surface area (TPSA) is 0 Å². The van der Waals surface area contributed by atoms with E-state index in [0.29, 0.717) is 0 Å². The first-order valence-corrected chi connectivity index (χ1v) is 3.47. The van der Waals surface area contributed by atoms with Gasteiger partial charge in [0.25, 0.3) is 0 Å². The minimum atomic E-state index is 1.29. The Morgan fingerprint density at radius 1 is 1.25 bits per heavy atom. The fraction of sp³-hybridized carbons (Fsp3) is 0.750. The van der Waals surface area contributed by atoms with Crippen LogP contribution in [0, 0.1) is 0 Å². The Bertz CT molecular complexity index is 54.4. The second-order valence-corrected chi connectivity index (χ2v) is 2.25. The van der Waals surface area contributed by atoms with Crippen LogP contribution in [0.5, 0.6) is 0 Å². The van der Waals surface area contributed by atoms with E-state index in [1.807, 2.05) is 0 Å². The number of rotatable bonds is 1. The number of unbranched alkanes of at least 4 members (excludes halogenated alkanes) is 1. The highest BCUT2D eigenvalue weighted by atomic mass is 14.1. The van der Waals surface area contributed by atoms with Crippen LogP contribution in [0.3, 0.4) is 0 Å². The summed E-state index contributed by atoms with van der Waals surface area (Å²) in [5, 5.41) is 0. The molecule has 0 aromatic rings. The van der Waals surface area contributed by atoms with E-state index in [4.69, 9.17) is 0 Å². The molecule has 1 fully saturated rings. The first-order valence-electron chi connectivity index (χ1n) is 3.47. The highest BCUT2D eigenvalue weighted by Gasteiger charge is 2.04. The summed E-state index contributed by atoms with van der Waals surface area (Å²) in [6.07, 6.45) is 5.22. The molecule has 0 atom stereocenters. The van der Waals surface area contributed by atoms with E-state index in [1.54, 1.807) is 0 Å². The van der Waals surface area contributed by atoms with Gasteiger partial charge in [0.2, 0.25) is 0 Å². The van der Waals surface area contributed by atoms with Gasteiger partial charge in [0, 0.05) is 0 Å². The summed E-state index contributed by atoms with van der Waals surface area (Å²) in [5.74, 6) is 0. The Kier molecular flexibility index (Phi) is 4.73. The van der Waals surface area contributed by atoms with Crippen LogP contribution >= 0.6 is 0 Å². The summed E-state index contributed by atoms with van der Waals surface area (Å²) in [4.78, 5) is 0. The third-order valence-corrected chi connectivity index (χ3v) is 1.10. The SMILES string of the molecule is C=C1CC1.CCCC. The summed E-state index contributed by atoms with van der Waals surface area (Å²) in [7, 11) is 0. The molecule has 0 aromatic heterocycles. The maximum Gasteiger partial charge on any atom is -0.0286 e. The molecule has 1 saturated carbocycles. The number of allylic oxidation sites excluding steroid dienone is 1.